The van der Waals surface area contributed by atoms with E-state index in [0.717, 1.165) is 47.4 Å². The van der Waals surface area contributed by atoms with Crippen molar-refractivity contribution in [1.29, 1.82) is 0 Å². The van der Waals surface area contributed by atoms with E-state index in [0.29, 0.717) is 18.9 Å². The van der Waals surface area contributed by atoms with Gasteiger partial charge in [0.1, 0.15) is 5.82 Å². The minimum absolute atomic E-state index is 0.0520. The molecule has 0 aliphatic rings. The van der Waals surface area contributed by atoms with Gasteiger partial charge in [-0.15, -0.1) is 0 Å². The van der Waals surface area contributed by atoms with Crippen molar-refractivity contribution in [2.24, 2.45) is 0 Å². The lowest BCUT2D eigenvalue weighted by atomic mass is 10.0. The number of imidazole rings is 1. The van der Waals surface area contributed by atoms with Crippen molar-refractivity contribution in [3.05, 3.63) is 126 Å². The Labute approximate surface area is 225 Å². The van der Waals surface area contributed by atoms with Crippen LogP contribution in [0.1, 0.15) is 48.7 Å². The SMILES string of the molecule is CC(C)c1ccc(Cn2c(CCCNC(=O)Cc3ccc(-c4ccccc4)cc3)nc3ccccc32)cc1. The van der Waals surface area contributed by atoms with Gasteiger partial charge in [0.2, 0.25) is 5.91 Å². The number of para-hydroxylation sites is 2. The number of hydrogen-bond acceptors (Lipinski definition) is 2. The highest BCUT2D eigenvalue weighted by atomic mass is 16.1. The second-order valence-corrected chi connectivity index (χ2v) is 10.2. The molecule has 0 radical (unpaired) electrons. The number of amides is 1. The highest BCUT2D eigenvalue weighted by molar-refractivity contribution is 5.79. The summed E-state index contributed by atoms with van der Waals surface area (Å²) < 4.78 is 2.32. The maximum Gasteiger partial charge on any atom is 0.224 e. The Kier molecular flexibility index (Phi) is 7.98. The number of fused-ring (bicyclic) bond motifs is 1. The van der Waals surface area contributed by atoms with Crippen LogP contribution >= 0.6 is 0 Å². The van der Waals surface area contributed by atoms with Crippen LogP contribution in [-0.4, -0.2) is 22.0 Å². The fourth-order valence-corrected chi connectivity index (χ4v) is 4.85. The summed E-state index contributed by atoms with van der Waals surface area (Å²) in [6.45, 7) is 5.86. The summed E-state index contributed by atoms with van der Waals surface area (Å²) in [5, 5.41) is 3.09. The van der Waals surface area contributed by atoms with Crippen LogP contribution in [0.3, 0.4) is 0 Å². The second kappa shape index (κ2) is 11.9. The highest BCUT2D eigenvalue weighted by Crippen LogP contribution is 2.21. The van der Waals surface area contributed by atoms with Crippen LogP contribution in [0.15, 0.2) is 103 Å². The molecule has 0 spiro atoms. The van der Waals surface area contributed by atoms with Gasteiger partial charge in [-0.2, -0.15) is 0 Å². The zero-order chi connectivity index (χ0) is 26.3. The van der Waals surface area contributed by atoms with E-state index >= 15 is 0 Å². The maximum absolute atomic E-state index is 12.6. The number of benzene rings is 4. The number of aryl methyl sites for hydroxylation is 1. The normalized spacial score (nSPS) is 11.2. The molecule has 4 nitrogen and oxygen atoms in total. The van der Waals surface area contributed by atoms with Crippen molar-refractivity contribution in [2.75, 3.05) is 6.54 Å². The molecule has 1 aromatic heterocycles. The van der Waals surface area contributed by atoms with Crippen molar-refractivity contribution >= 4 is 16.9 Å². The monoisotopic (exact) mass is 501 g/mol. The van der Waals surface area contributed by atoms with Crippen molar-refractivity contribution in [1.82, 2.24) is 14.9 Å². The average Bonchev–Trinajstić information content (AvgIpc) is 3.29. The summed E-state index contributed by atoms with van der Waals surface area (Å²) in [6.07, 6.45) is 2.04. The van der Waals surface area contributed by atoms with Gasteiger partial charge in [-0.1, -0.05) is 105 Å². The second-order valence-electron chi connectivity index (χ2n) is 10.2. The number of nitrogens with one attached hydrogen (secondary N) is 1. The molecule has 0 saturated heterocycles. The number of carbonyl (C=O) groups is 1. The molecule has 1 amide bonds. The zero-order valence-electron chi connectivity index (χ0n) is 22.2. The fraction of sp³-hybridized carbons (Fsp3) is 0.235. The summed E-state index contributed by atoms with van der Waals surface area (Å²) in [7, 11) is 0. The van der Waals surface area contributed by atoms with E-state index < -0.39 is 0 Å². The van der Waals surface area contributed by atoms with Gasteiger partial charge in [0, 0.05) is 19.5 Å². The first kappa shape index (κ1) is 25.5. The van der Waals surface area contributed by atoms with Crippen LogP contribution in [-0.2, 0) is 24.2 Å². The Hall–Kier alpha value is -4.18. The fourth-order valence-electron chi connectivity index (χ4n) is 4.85. The Morgan fingerprint density at radius 1 is 0.789 bits per heavy atom. The Bertz CT molecular complexity index is 1480. The number of rotatable bonds is 10. The van der Waals surface area contributed by atoms with Gasteiger partial charge in [0.25, 0.3) is 0 Å². The van der Waals surface area contributed by atoms with E-state index in [2.05, 4.69) is 90.5 Å². The lowest BCUT2D eigenvalue weighted by Crippen LogP contribution is -2.26. The lowest BCUT2D eigenvalue weighted by molar-refractivity contribution is -0.120. The predicted octanol–water partition coefficient (Wildman–Crippen LogP) is 7.17. The summed E-state index contributed by atoms with van der Waals surface area (Å²) in [5.74, 6) is 1.64. The van der Waals surface area contributed by atoms with Crippen LogP contribution in [0.2, 0.25) is 0 Å². The minimum Gasteiger partial charge on any atom is -0.356 e. The van der Waals surface area contributed by atoms with E-state index in [1.54, 1.807) is 0 Å². The van der Waals surface area contributed by atoms with Crippen LogP contribution in [0.5, 0.6) is 0 Å². The van der Waals surface area contributed by atoms with Crippen molar-refractivity contribution in [2.45, 2.75) is 45.6 Å². The molecule has 5 aromatic rings. The quantitative estimate of drug-likeness (QED) is 0.206. The first-order valence-corrected chi connectivity index (χ1v) is 13.5. The van der Waals surface area contributed by atoms with E-state index in [9.17, 15) is 4.79 Å². The molecule has 0 unspecified atom stereocenters. The van der Waals surface area contributed by atoms with Gasteiger partial charge in [-0.05, 0) is 52.3 Å². The molecule has 0 fully saturated rings. The van der Waals surface area contributed by atoms with Crippen LogP contribution in [0.4, 0.5) is 0 Å². The maximum atomic E-state index is 12.6. The summed E-state index contributed by atoms with van der Waals surface area (Å²) in [5.41, 5.74) is 8.16. The zero-order valence-corrected chi connectivity index (χ0v) is 22.2. The Morgan fingerprint density at radius 2 is 1.45 bits per heavy atom. The van der Waals surface area contributed by atoms with Gasteiger partial charge in [0.15, 0.2) is 0 Å². The van der Waals surface area contributed by atoms with Gasteiger partial charge >= 0.3 is 0 Å². The van der Waals surface area contributed by atoms with Crippen molar-refractivity contribution < 1.29 is 4.79 Å². The first-order chi connectivity index (χ1) is 18.6. The third kappa shape index (κ3) is 6.20. The molecule has 0 atom stereocenters. The third-order valence-corrected chi connectivity index (χ3v) is 7.05. The molecule has 5 rings (SSSR count). The largest absolute Gasteiger partial charge is 0.356 e. The van der Waals surface area contributed by atoms with Crippen molar-refractivity contribution in [3.63, 3.8) is 0 Å². The van der Waals surface area contributed by atoms with E-state index in [4.69, 9.17) is 4.98 Å². The van der Waals surface area contributed by atoms with E-state index in [1.165, 1.54) is 16.7 Å². The number of aromatic nitrogens is 2. The van der Waals surface area contributed by atoms with Gasteiger partial charge < -0.3 is 9.88 Å². The van der Waals surface area contributed by atoms with Crippen LogP contribution in [0.25, 0.3) is 22.2 Å². The first-order valence-electron chi connectivity index (χ1n) is 13.5. The highest BCUT2D eigenvalue weighted by Gasteiger charge is 2.12. The van der Waals surface area contributed by atoms with Gasteiger partial charge in [0.05, 0.1) is 17.5 Å². The molecular formula is C34H35N3O. The van der Waals surface area contributed by atoms with Crippen molar-refractivity contribution in [3.8, 4) is 11.1 Å². The van der Waals surface area contributed by atoms with E-state index in [-0.39, 0.29) is 5.91 Å². The molecule has 0 saturated carbocycles. The average molecular weight is 502 g/mol. The van der Waals surface area contributed by atoms with Crippen LogP contribution in [0, 0.1) is 0 Å². The van der Waals surface area contributed by atoms with E-state index in [1.807, 2.05) is 36.4 Å². The lowest BCUT2D eigenvalue weighted by Gasteiger charge is -2.12. The molecule has 192 valence electrons. The Balaban J connectivity index is 1.17. The smallest absolute Gasteiger partial charge is 0.224 e. The molecule has 0 bridgehead atoms. The van der Waals surface area contributed by atoms with Crippen LogP contribution < -0.4 is 5.32 Å². The standard InChI is InChI=1S/C34H35N3O/c1-25(2)28-18-16-27(17-19-28)24-37-32-12-7-6-11-31(32)36-33(37)13-8-22-35-34(38)23-26-14-20-30(21-15-26)29-9-4-3-5-10-29/h3-7,9-12,14-21,25H,8,13,22-24H2,1-2H3,(H,35,38). The molecule has 4 aromatic carbocycles. The molecule has 4 heteroatoms. The predicted molar refractivity (Wildman–Crippen MR) is 156 cm³/mol. The molecule has 1 N–H and O–H groups in total. The summed E-state index contributed by atoms with van der Waals surface area (Å²) in [4.78, 5) is 17.5. The molecular weight excluding hydrogens is 466 g/mol. The van der Waals surface area contributed by atoms with Gasteiger partial charge in [-0.3, -0.25) is 4.79 Å². The Morgan fingerprint density at radius 3 is 2.18 bits per heavy atom. The number of hydrogen-bond donors (Lipinski definition) is 1. The minimum atomic E-state index is 0.0520. The number of carbonyl (C=O) groups excluding carboxylic acids is 1. The molecule has 1 heterocycles. The molecule has 0 aliphatic carbocycles. The molecule has 0 aliphatic heterocycles. The third-order valence-electron chi connectivity index (χ3n) is 7.05. The summed E-state index contributed by atoms with van der Waals surface area (Å²) in [6, 6.07) is 35.7. The number of nitrogens with zero attached hydrogens (tertiary/aromatic N) is 2. The molecule has 38 heavy (non-hydrogen) atoms. The topological polar surface area (TPSA) is 46.9 Å². The van der Waals surface area contributed by atoms with Gasteiger partial charge in [-0.25, -0.2) is 4.98 Å². The summed E-state index contributed by atoms with van der Waals surface area (Å²) >= 11 is 0.